The van der Waals surface area contributed by atoms with Crippen molar-refractivity contribution in [3.05, 3.63) is 38.9 Å². The van der Waals surface area contributed by atoms with Crippen LogP contribution in [-0.4, -0.2) is 22.3 Å². The van der Waals surface area contributed by atoms with Crippen LogP contribution in [-0.2, 0) is 0 Å². The highest BCUT2D eigenvalue weighted by Crippen LogP contribution is 2.24. The van der Waals surface area contributed by atoms with Gasteiger partial charge in [0.2, 0.25) is 5.96 Å². The number of halogens is 1. The molecule has 0 saturated heterocycles. The summed E-state index contributed by atoms with van der Waals surface area (Å²) in [6, 6.07) is 4.21. The molecule has 1 rings (SSSR count). The Morgan fingerprint density at radius 1 is 1.65 bits per heavy atom. The van der Waals surface area contributed by atoms with Gasteiger partial charge in [0.1, 0.15) is 0 Å². The van der Waals surface area contributed by atoms with Crippen molar-refractivity contribution in [1.29, 1.82) is 0 Å². The Balaban J connectivity index is 3.09. The SMILES string of the molecule is NC(=NN=Cc1c(Cl)cccc1[N+](=O)[O-])NO. The Kier molecular flexibility index (Phi) is 4.37. The van der Waals surface area contributed by atoms with Gasteiger partial charge in [0.15, 0.2) is 0 Å². The number of rotatable bonds is 3. The fraction of sp³-hybridized carbons (Fsp3) is 0. The molecule has 0 aliphatic heterocycles. The van der Waals surface area contributed by atoms with Crippen LogP contribution in [0.4, 0.5) is 5.69 Å². The van der Waals surface area contributed by atoms with E-state index in [0.717, 1.165) is 6.21 Å². The molecule has 4 N–H and O–H groups in total. The monoisotopic (exact) mass is 257 g/mol. The fourth-order valence-electron chi connectivity index (χ4n) is 0.984. The average Bonchev–Trinajstić information content (AvgIpc) is 2.30. The van der Waals surface area contributed by atoms with Crippen molar-refractivity contribution in [2.45, 2.75) is 0 Å². The maximum atomic E-state index is 10.7. The van der Waals surface area contributed by atoms with E-state index < -0.39 is 4.92 Å². The molecular formula is C8H8ClN5O3. The molecule has 0 atom stereocenters. The minimum atomic E-state index is -0.593. The first-order valence-electron chi connectivity index (χ1n) is 4.25. The summed E-state index contributed by atoms with van der Waals surface area (Å²) in [6.45, 7) is 0. The van der Waals surface area contributed by atoms with Gasteiger partial charge in [0.25, 0.3) is 5.69 Å². The zero-order valence-electron chi connectivity index (χ0n) is 8.37. The molecule has 0 bridgehead atoms. The second-order valence-corrected chi connectivity index (χ2v) is 3.18. The molecule has 1 aromatic rings. The van der Waals surface area contributed by atoms with Gasteiger partial charge in [0.05, 0.1) is 21.7 Å². The predicted octanol–water partition coefficient (Wildman–Crippen LogP) is 0.876. The quantitative estimate of drug-likeness (QED) is 0.321. The molecule has 17 heavy (non-hydrogen) atoms. The number of hydrogen-bond donors (Lipinski definition) is 3. The van der Waals surface area contributed by atoms with Crippen molar-refractivity contribution in [2.24, 2.45) is 15.9 Å². The van der Waals surface area contributed by atoms with E-state index in [-0.39, 0.29) is 22.2 Å². The van der Waals surface area contributed by atoms with E-state index in [2.05, 4.69) is 10.2 Å². The molecule has 0 fully saturated rings. The molecule has 0 radical (unpaired) electrons. The third kappa shape index (κ3) is 3.40. The summed E-state index contributed by atoms with van der Waals surface area (Å²) in [4.78, 5) is 10.1. The van der Waals surface area contributed by atoms with Gasteiger partial charge in [-0.1, -0.05) is 17.7 Å². The van der Waals surface area contributed by atoms with Gasteiger partial charge >= 0.3 is 0 Å². The molecule has 0 aliphatic rings. The lowest BCUT2D eigenvalue weighted by Crippen LogP contribution is -2.27. The normalized spacial score (nSPS) is 11.8. The highest BCUT2D eigenvalue weighted by Gasteiger charge is 2.14. The van der Waals surface area contributed by atoms with Crippen LogP contribution in [0.15, 0.2) is 28.4 Å². The minimum Gasteiger partial charge on any atom is -0.367 e. The predicted molar refractivity (Wildman–Crippen MR) is 62.2 cm³/mol. The number of benzene rings is 1. The Labute approximate surface area is 101 Å². The maximum Gasteiger partial charge on any atom is 0.279 e. The fourth-order valence-corrected chi connectivity index (χ4v) is 1.20. The van der Waals surface area contributed by atoms with Gasteiger partial charge in [-0.05, 0) is 6.07 Å². The van der Waals surface area contributed by atoms with Crippen LogP contribution in [0.5, 0.6) is 0 Å². The number of nitrogens with two attached hydrogens (primary N) is 1. The van der Waals surface area contributed by atoms with Crippen LogP contribution in [0.2, 0.25) is 5.02 Å². The lowest BCUT2D eigenvalue weighted by atomic mass is 10.2. The molecule has 9 heteroatoms. The number of hydroxylamine groups is 1. The van der Waals surface area contributed by atoms with E-state index in [0.29, 0.717) is 0 Å². The van der Waals surface area contributed by atoms with Crippen LogP contribution >= 0.6 is 11.6 Å². The van der Waals surface area contributed by atoms with E-state index in [9.17, 15) is 10.1 Å². The van der Waals surface area contributed by atoms with Crippen LogP contribution in [0.3, 0.4) is 0 Å². The van der Waals surface area contributed by atoms with Crippen LogP contribution < -0.4 is 11.2 Å². The van der Waals surface area contributed by atoms with Crippen molar-refractivity contribution in [3.63, 3.8) is 0 Å². The molecule has 1 aromatic carbocycles. The Morgan fingerprint density at radius 3 is 2.94 bits per heavy atom. The first kappa shape index (κ1) is 12.9. The molecular weight excluding hydrogens is 250 g/mol. The molecule has 0 unspecified atom stereocenters. The first-order chi connectivity index (χ1) is 8.06. The highest BCUT2D eigenvalue weighted by atomic mass is 35.5. The number of nitrogens with one attached hydrogen (secondary N) is 1. The van der Waals surface area contributed by atoms with Crippen molar-refractivity contribution in [1.82, 2.24) is 5.48 Å². The van der Waals surface area contributed by atoms with Gasteiger partial charge < -0.3 is 5.73 Å². The minimum absolute atomic E-state index is 0.105. The van der Waals surface area contributed by atoms with E-state index in [1.165, 1.54) is 18.2 Å². The average molecular weight is 258 g/mol. The highest BCUT2D eigenvalue weighted by molar-refractivity contribution is 6.33. The van der Waals surface area contributed by atoms with Crippen LogP contribution in [0.1, 0.15) is 5.56 Å². The van der Waals surface area contributed by atoms with Crippen molar-refractivity contribution >= 4 is 29.5 Å². The molecule has 0 aromatic heterocycles. The van der Waals surface area contributed by atoms with Crippen molar-refractivity contribution < 1.29 is 10.1 Å². The van der Waals surface area contributed by atoms with E-state index in [1.54, 1.807) is 5.48 Å². The lowest BCUT2D eigenvalue weighted by molar-refractivity contribution is -0.385. The van der Waals surface area contributed by atoms with Gasteiger partial charge in [-0.2, -0.15) is 5.10 Å². The smallest absolute Gasteiger partial charge is 0.279 e. The number of guanidine groups is 1. The Bertz CT molecular complexity index is 488. The number of hydrogen-bond acceptors (Lipinski definition) is 5. The second-order valence-electron chi connectivity index (χ2n) is 2.77. The molecule has 90 valence electrons. The van der Waals surface area contributed by atoms with Crippen LogP contribution in [0, 0.1) is 10.1 Å². The van der Waals surface area contributed by atoms with Gasteiger partial charge in [-0.25, -0.2) is 5.48 Å². The first-order valence-corrected chi connectivity index (χ1v) is 4.63. The molecule has 0 spiro atoms. The summed E-state index contributed by atoms with van der Waals surface area (Å²) in [5.74, 6) is -0.351. The third-order valence-corrected chi connectivity index (χ3v) is 2.02. The molecule has 0 aliphatic carbocycles. The van der Waals surface area contributed by atoms with E-state index in [4.69, 9.17) is 22.5 Å². The molecule has 0 saturated carbocycles. The van der Waals surface area contributed by atoms with E-state index in [1.807, 2.05) is 0 Å². The van der Waals surface area contributed by atoms with Crippen molar-refractivity contribution in [2.75, 3.05) is 0 Å². The number of nitro benzene ring substituents is 1. The van der Waals surface area contributed by atoms with Gasteiger partial charge in [-0.15, -0.1) is 5.10 Å². The lowest BCUT2D eigenvalue weighted by Gasteiger charge is -1.98. The summed E-state index contributed by atoms with van der Waals surface area (Å²) >= 11 is 5.78. The second kappa shape index (κ2) is 5.77. The summed E-state index contributed by atoms with van der Waals surface area (Å²) in [6.07, 6.45) is 1.07. The summed E-state index contributed by atoms with van der Waals surface area (Å²) in [7, 11) is 0. The van der Waals surface area contributed by atoms with Crippen molar-refractivity contribution in [3.8, 4) is 0 Å². The number of nitro groups is 1. The topological polar surface area (TPSA) is 126 Å². The Hall–Kier alpha value is -2.19. The summed E-state index contributed by atoms with van der Waals surface area (Å²) in [5.41, 5.74) is 6.54. The molecule has 8 nitrogen and oxygen atoms in total. The largest absolute Gasteiger partial charge is 0.367 e. The zero-order valence-corrected chi connectivity index (χ0v) is 9.13. The summed E-state index contributed by atoms with van der Waals surface area (Å²) < 4.78 is 0. The standard InChI is InChI=1S/C8H8ClN5O3/c9-6-2-1-3-7(14(16)17)5(6)4-11-12-8(10)13-15/h1-4,15H,(H3,10,12,13). The zero-order chi connectivity index (χ0) is 12.8. The molecule has 0 amide bonds. The molecule has 0 heterocycles. The third-order valence-electron chi connectivity index (χ3n) is 1.69. The summed E-state index contributed by atoms with van der Waals surface area (Å²) in [5, 5.41) is 25.9. The van der Waals surface area contributed by atoms with Gasteiger partial charge in [0, 0.05) is 6.07 Å². The number of nitrogens with zero attached hydrogens (tertiary/aromatic N) is 3. The van der Waals surface area contributed by atoms with Gasteiger partial charge in [-0.3, -0.25) is 15.3 Å². The maximum absolute atomic E-state index is 10.7. The van der Waals surface area contributed by atoms with E-state index >= 15 is 0 Å². The van der Waals surface area contributed by atoms with Crippen LogP contribution in [0.25, 0.3) is 0 Å². The Morgan fingerprint density at radius 2 is 2.35 bits per heavy atom.